The predicted octanol–water partition coefficient (Wildman–Crippen LogP) is 2.09. The molecule has 0 radical (unpaired) electrons. The highest BCUT2D eigenvalue weighted by atomic mass is 15.2. The Bertz CT molecular complexity index is 397. The maximum atomic E-state index is 4.38. The molecule has 1 aromatic heterocycles. The molecule has 2 N–H and O–H groups in total. The van der Waals surface area contributed by atoms with Crippen LogP contribution in [0.1, 0.15) is 27.2 Å². The van der Waals surface area contributed by atoms with Gasteiger partial charge in [-0.3, -0.25) is 0 Å². The quantitative estimate of drug-likeness (QED) is 0.859. The van der Waals surface area contributed by atoms with Gasteiger partial charge in [-0.1, -0.05) is 0 Å². The van der Waals surface area contributed by atoms with Crippen LogP contribution in [0.2, 0.25) is 0 Å². The Hall–Kier alpha value is -1.29. The summed E-state index contributed by atoms with van der Waals surface area (Å²) in [6.45, 7) is 8.64. The van der Waals surface area contributed by atoms with Crippen LogP contribution in [0.5, 0.6) is 0 Å². The minimum Gasteiger partial charge on any atom is -0.370 e. The molecule has 0 aromatic carbocycles. The van der Waals surface area contributed by atoms with Crippen LogP contribution in [0.15, 0.2) is 18.3 Å². The topological polar surface area (TPSA) is 40.2 Å². The van der Waals surface area contributed by atoms with Crippen molar-refractivity contribution in [3.05, 3.63) is 18.3 Å². The number of aromatic nitrogens is 1. The Labute approximate surface area is 110 Å². The molecule has 1 atom stereocenters. The van der Waals surface area contributed by atoms with Gasteiger partial charge in [-0.15, -0.1) is 0 Å². The van der Waals surface area contributed by atoms with E-state index in [9.17, 15) is 0 Å². The van der Waals surface area contributed by atoms with Crippen molar-refractivity contribution in [1.29, 1.82) is 0 Å². The Morgan fingerprint density at radius 2 is 2.17 bits per heavy atom. The van der Waals surface area contributed by atoms with Crippen molar-refractivity contribution in [1.82, 2.24) is 10.3 Å². The molecular formula is C14H24N4. The number of likely N-dealkylation sites (N-methyl/N-ethyl adjacent to an activating group) is 1. The highest BCUT2D eigenvalue weighted by Crippen LogP contribution is 2.23. The Kier molecular flexibility index (Phi) is 3.76. The molecule has 0 aliphatic carbocycles. The third-order valence-electron chi connectivity index (χ3n) is 3.21. The molecule has 2 heterocycles. The molecule has 2 rings (SSSR count). The summed E-state index contributed by atoms with van der Waals surface area (Å²) < 4.78 is 0. The fraction of sp³-hybridized carbons (Fsp3) is 0.643. The number of rotatable bonds is 3. The molecule has 100 valence electrons. The van der Waals surface area contributed by atoms with E-state index in [2.05, 4.69) is 53.4 Å². The second-order valence-electron chi connectivity index (χ2n) is 5.99. The maximum absolute atomic E-state index is 4.38. The van der Waals surface area contributed by atoms with Crippen molar-refractivity contribution < 1.29 is 0 Å². The van der Waals surface area contributed by atoms with Crippen LogP contribution in [-0.2, 0) is 0 Å². The molecule has 1 aromatic rings. The van der Waals surface area contributed by atoms with Gasteiger partial charge in [0, 0.05) is 42.6 Å². The third-order valence-corrected chi connectivity index (χ3v) is 3.21. The minimum absolute atomic E-state index is 0.0458. The highest BCUT2D eigenvalue weighted by Gasteiger charge is 2.21. The summed E-state index contributed by atoms with van der Waals surface area (Å²) in [4.78, 5) is 6.80. The van der Waals surface area contributed by atoms with Gasteiger partial charge in [0.25, 0.3) is 0 Å². The molecule has 1 aliphatic heterocycles. The number of hydrogen-bond acceptors (Lipinski definition) is 4. The lowest BCUT2D eigenvalue weighted by Crippen LogP contribution is -2.30. The predicted molar refractivity (Wildman–Crippen MR) is 77.3 cm³/mol. The van der Waals surface area contributed by atoms with E-state index in [1.165, 1.54) is 12.1 Å². The molecular weight excluding hydrogens is 224 g/mol. The first kappa shape index (κ1) is 13.1. The van der Waals surface area contributed by atoms with Crippen molar-refractivity contribution in [3.63, 3.8) is 0 Å². The first-order valence-electron chi connectivity index (χ1n) is 6.64. The molecule has 18 heavy (non-hydrogen) atoms. The van der Waals surface area contributed by atoms with Gasteiger partial charge in [0.1, 0.15) is 5.82 Å². The third kappa shape index (κ3) is 3.35. The summed E-state index contributed by atoms with van der Waals surface area (Å²) >= 11 is 0. The molecule has 1 fully saturated rings. The number of nitrogens with zero attached hydrogens (tertiary/aromatic N) is 2. The Morgan fingerprint density at radius 3 is 2.78 bits per heavy atom. The van der Waals surface area contributed by atoms with Crippen LogP contribution in [0.3, 0.4) is 0 Å². The molecule has 0 spiro atoms. The zero-order valence-corrected chi connectivity index (χ0v) is 11.8. The molecule has 0 saturated carbocycles. The number of pyridine rings is 1. The number of hydrogen-bond donors (Lipinski definition) is 2. The smallest absolute Gasteiger partial charge is 0.128 e. The Balaban J connectivity index is 2.08. The lowest BCUT2D eigenvalue weighted by Gasteiger charge is -2.23. The van der Waals surface area contributed by atoms with Gasteiger partial charge in [0.15, 0.2) is 0 Å². The average molecular weight is 248 g/mol. The van der Waals surface area contributed by atoms with Crippen LogP contribution in [-0.4, -0.2) is 36.7 Å². The monoisotopic (exact) mass is 248 g/mol. The van der Waals surface area contributed by atoms with Gasteiger partial charge < -0.3 is 15.5 Å². The van der Waals surface area contributed by atoms with Crippen molar-refractivity contribution >= 4 is 11.5 Å². The lowest BCUT2D eigenvalue weighted by molar-refractivity contribution is 0.617. The van der Waals surface area contributed by atoms with E-state index in [1.807, 2.05) is 13.2 Å². The maximum Gasteiger partial charge on any atom is 0.128 e. The van der Waals surface area contributed by atoms with Crippen LogP contribution < -0.4 is 15.5 Å². The van der Waals surface area contributed by atoms with Crippen LogP contribution in [0.4, 0.5) is 11.5 Å². The van der Waals surface area contributed by atoms with E-state index in [0.717, 1.165) is 18.9 Å². The summed E-state index contributed by atoms with van der Waals surface area (Å²) in [7, 11) is 2.04. The van der Waals surface area contributed by atoms with Crippen molar-refractivity contribution in [3.8, 4) is 0 Å². The van der Waals surface area contributed by atoms with E-state index in [-0.39, 0.29) is 5.54 Å². The summed E-state index contributed by atoms with van der Waals surface area (Å²) in [6, 6.07) is 4.84. The average Bonchev–Trinajstić information content (AvgIpc) is 2.75. The van der Waals surface area contributed by atoms with Crippen LogP contribution in [0, 0.1) is 0 Å². The second kappa shape index (κ2) is 5.14. The first-order valence-corrected chi connectivity index (χ1v) is 6.64. The summed E-state index contributed by atoms with van der Waals surface area (Å²) in [5.41, 5.74) is 1.30. The first-order chi connectivity index (χ1) is 8.48. The van der Waals surface area contributed by atoms with Gasteiger partial charge in [-0.25, -0.2) is 4.98 Å². The van der Waals surface area contributed by atoms with E-state index < -0.39 is 0 Å². The molecule has 0 unspecified atom stereocenters. The van der Waals surface area contributed by atoms with Crippen molar-refractivity contribution in [2.45, 2.75) is 38.8 Å². The summed E-state index contributed by atoms with van der Waals surface area (Å²) in [5.74, 6) is 0.952. The van der Waals surface area contributed by atoms with Crippen LogP contribution >= 0.6 is 0 Å². The fourth-order valence-electron chi connectivity index (χ4n) is 2.30. The van der Waals surface area contributed by atoms with Gasteiger partial charge >= 0.3 is 0 Å². The lowest BCUT2D eigenvalue weighted by atomic mass is 10.1. The van der Waals surface area contributed by atoms with Crippen LogP contribution in [0.25, 0.3) is 0 Å². The zero-order valence-electron chi connectivity index (χ0n) is 11.8. The normalized spacial score (nSPS) is 20.2. The summed E-state index contributed by atoms with van der Waals surface area (Å²) in [6.07, 6.45) is 3.09. The minimum atomic E-state index is 0.0458. The number of nitrogens with one attached hydrogen (secondary N) is 2. The molecule has 1 aliphatic rings. The van der Waals surface area contributed by atoms with E-state index in [1.54, 1.807) is 0 Å². The van der Waals surface area contributed by atoms with Gasteiger partial charge in [0.2, 0.25) is 0 Å². The molecule has 0 amide bonds. The zero-order chi connectivity index (χ0) is 13.2. The standard InChI is InChI=1S/C14H24N4/c1-14(2,3)17-13-9-12(5-7-16-13)18-8-6-11(10-18)15-4/h5,7,9,11,15H,6,8,10H2,1-4H3,(H,16,17)/t11-/m1/s1. The largest absolute Gasteiger partial charge is 0.370 e. The summed E-state index contributed by atoms with van der Waals surface area (Å²) in [5, 5.41) is 6.76. The molecule has 4 nitrogen and oxygen atoms in total. The van der Waals surface area contributed by atoms with E-state index in [0.29, 0.717) is 6.04 Å². The van der Waals surface area contributed by atoms with E-state index in [4.69, 9.17) is 0 Å². The fourth-order valence-corrected chi connectivity index (χ4v) is 2.30. The van der Waals surface area contributed by atoms with Crippen molar-refractivity contribution in [2.24, 2.45) is 0 Å². The van der Waals surface area contributed by atoms with Crippen molar-refractivity contribution in [2.75, 3.05) is 30.4 Å². The second-order valence-corrected chi connectivity index (χ2v) is 5.99. The molecule has 1 saturated heterocycles. The molecule has 0 bridgehead atoms. The van der Waals surface area contributed by atoms with Gasteiger partial charge in [-0.2, -0.15) is 0 Å². The van der Waals surface area contributed by atoms with Gasteiger partial charge in [0.05, 0.1) is 0 Å². The van der Waals surface area contributed by atoms with Gasteiger partial charge in [-0.05, 0) is 40.3 Å². The SMILES string of the molecule is CN[C@@H]1CCN(c2ccnc(NC(C)(C)C)c2)C1. The van der Waals surface area contributed by atoms with E-state index >= 15 is 0 Å². The molecule has 4 heteroatoms. The highest BCUT2D eigenvalue weighted by molar-refractivity contribution is 5.55. The Morgan fingerprint density at radius 1 is 1.39 bits per heavy atom. The number of anilines is 2.